The minimum absolute atomic E-state index is 0.197. The third-order valence-electron chi connectivity index (χ3n) is 11.1. The summed E-state index contributed by atoms with van der Waals surface area (Å²) >= 11 is 0. The maximum atomic E-state index is 6.32. The first-order valence-corrected chi connectivity index (χ1v) is 19.6. The number of ether oxygens (including phenoxy) is 1. The average molecular weight is 740 g/mol. The van der Waals surface area contributed by atoms with Crippen molar-refractivity contribution in [3.63, 3.8) is 0 Å². The lowest BCUT2D eigenvalue weighted by Crippen LogP contribution is -2.15. The first-order chi connectivity index (χ1) is 28.1. The molecule has 1 N–H and O–H groups in total. The van der Waals surface area contributed by atoms with Gasteiger partial charge in [0.15, 0.2) is 6.23 Å². The molecular weight excluding hydrogens is 699 g/mol. The number of oxazole rings is 1. The lowest BCUT2D eigenvalue weighted by molar-refractivity contribution is 0.123. The van der Waals surface area contributed by atoms with E-state index < -0.39 is 0 Å². The van der Waals surface area contributed by atoms with Crippen molar-refractivity contribution >= 4 is 62.4 Å². The number of aryl methyl sites for hydroxylation is 1. The van der Waals surface area contributed by atoms with Gasteiger partial charge in [-0.25, -0.2) is 4.98 Å². The molecule has 7 aromatic rings. The number of hydrogen-bond acceptors (Lipinski definition) is 5. The summed E-state index contributed by atoms with van der Waals surface area (Å²) in [6.45, 7) is 8.40. The minimum Gasteiger partial charge on any atom is -0.469 e. The number of allylic oxidation sites excluding steroid dienone is 6. The van der Waals surface area contributed by atoms with Gasteiger partial charge in [-0.3, -0.25) is 0 Å². The van der Waals surface area contributed by atoms with Crippen LogP contribution in [0.2, 0.25) is 0 Å². The van der Waals surface area contributed by atoms with Crippen molar-refractivity contribution in [3.05, 3.63) is 203 Å². The number of benzene rings is 6. The van der Waals surface area contributed by atoms with Crippen LogP contribution in [-0.2, 0) is 11.2 Å². The number of anilines is 3. The highest BCUT2D eigenvalue weighted by Gasteiger charge is 2.26. The minimum atomic E-state index is -0.197. The highest BCUT2D eigenvalue weighted by atomic mass is 16.5. The van der Waals surface area contributed by atoms with E-state index in [9.17, 15) is 0 Å². The zero-order chi connectivity index (χ0) is 38.3. The molecule has 1 aliphatic heterocycles. The molecule has 2 aliphatic carbocycles. The van der Waals surface area contributed by atoms with Crippen LogP contribution in [0.1, 0.15) is 48.1 Å². The Morgan fingerprint density at radius 1 is 0.737 bits per heavy atom. The zero-order valence-electron chi connectivity index (χ0n) is 31.6. The zero-order valence-corrected chi connectivity index (χ0v) is 31.6. The highest BCUT2D eigenvalue weighted by Crippen LogP contribution is 2.39. The molecular formula is C52H41N3O2. The van der Waals surface area contributed by atoms with E-state index in [2.05, 4.69) is 181 Å². The molecule has 0 bridgehead atoms. The van der Waals surface area contributed by atoms with Gasteiger partial charge in [-0.05, 0) is 129 Å². The number of aromatic nitrogens is 1. The second kappa shape index (κ2) is 14.5. The largest absolute Gasteiger partial charge is 0.469 e. The van der Waals surface area contributed by atoms with E-state index in [1.54, 1.807) is 0 Å². The van der Waals surface area contributed by atoms with Crippen molar-refractivity contribution in [1.82, 2.24) is 10.3 Å². The molecule has 1 aromatic heterocycles. The average Bonchev–Trinajstić information content (AvgIpc) is 3.90. The Labute approximate surface area is 332 Å². The summed E-state index contributed by atoms with van der Waals surface area (Å²) in [6, 6.07) is 43.2. The van der Waals surface area contributed by atoms with Gasteiger partial charge >= 0.3 is 0 Å². The van der Waals surface area contributed by atoms with Gasteiger partial charge in [-0.15, -0.1) is 0 Å². The third kappa shape index (κ3) is 6.57. The molecule has 276 valence electrons. The molecule has 0 saturated heterocycles. The van der Waals surface area contributed by atoms with Crippen LogP contribution in [0.15, 0.2) is 175 Å². The standard InChI is InChI=1S/C52H41N3O2/c1-3-10-35-17-20-41(46-12-5-4-11-45(35)46)31-34(2)38-18-19-40-33-44(30-25-39(40)32-38)55(42-26-21-36(22-27-42)51-53-47-13-6-8-15-49(47)56-51)43-28-23-37(24-29-43)52-54-48-14-7-9-16-50(48)57-52/h3-7,10-14,17-33,51,53H,1-2,8-9,15-16H2/b35-10-,41-31-. The summed E-state index contributed by atoms with van der Waals surface area (Å²) in [7, 11) is 0. The molecule has 57 heavy (non-hydrogen) atoms. The lowest BCUT2D eigenvalue weighted by atomic mass is 9.99. The third-order valence-corrected chi connectivity index (χ3v) is 11.1. The molecule has 1 unspecified atom stereocenters. The summed E-state index contributed by atoms with van der Waals surface area (Å²) in [4.78, 5) is 7.08. The molecule has 0 radical (unpaired) electrons. The Hall–Kier alpha value is -7.11. The number of nitrogens with zero attached hydrogens (tertiary/aromatic N) is 2. The smallest absolute Gasteiger partial charge is 0.226 e. The van der Waals surface area contributed by atoms with Crippen LogP contribution < -0.4 is 20.7 Å². The predicted molar refractivity (Wildman–Crippen MR) is 235 cm³/mol. The lowest BCUT2D eigenvalue weighted by Gasteiger charge is -2.26. The summed E-state index contributed by atoms with van der Waals surface area (Å²) in [5.41, 5.74) is 9.23. The van der Waals surface area contributed by atoms with Gasteiger partial charge < -0.3 is 19.4 Å². The second-order valence-corrected chi connectivity index (χ2v) is 14.8. The quantitative estimate of drug-likeness (QED) is 0.168. The van der Waals surface area contributed by atoms with Gasteiger partial charge in [0.25, 0.3) is 0 Å². The topological polar surface area (TPSA) is 50.5 Å². The molecule has 1 atom stereocenters. The Balaban J connectivity index is 0.985. The maximum absolute atomic E-state index is 6.32. The predicted octanol–water partition coefficient (Wildman–Crippen LogP) is 11.7. The van der Waals surface area contributed by atoms with Crippen LogP contribution >= 0.6 is 0 Å². The normalized spacial score (nSPS) is 16.4. The molecule has 10 rings (SSSR count). The van der Waals surface area contributed by atoms with Gasteiger partial charge in [0.1, 0.15) is 17.2 Å². The van der Waals surface area contributed by atoms with Crippen LogP contribution in [0.4, 0.5) is 17.1 Å². The fourth-order valence-corrected chi connectivity index (χ4v) is 8.15. The molecule has 0 amide bonds. The van der Waals surface area contributed by atoms with Crippen molar-refractivity contribution in [3.8, 4) is 11.5 Å². The number of rotatable bonds is 8. The number of nitrogens with one attached hydrogen (secondary N) is 1. The van der Waals surface area contributed by atoms with E-state index in [0.717, 1.165) is 109 Å². The van der Waals surface area contributed by atoms with Crippen LogP contribution in [0.3, 0.4) is 0 Å². The summed E-state index contributed by atoms with van der Waals surface area (Å²) in [5.74, 6) is 2.65. The van der Waals surface area contributed by atoms with E-state index in [-0.39, 0.29) is 6.23 Å². The van der Waals surface area contributed by atoms with Crippen molar-refractivity contribution < 1.29 is 9.15 Å². The molecule has 5 heteroatoms. The molecule has 6 aromatic carbocycles. The van der Waals surface area contributed by atoms with E-state index >= 15 is 0 Å². The SMILES string of the molecule is C=C/C=c1/cc/c(=C/C(=C)c2ccc3cc(N(c4ccc(-c5nc6c(o5)CCC=C6)cc4)c4ccc(C5NC6=C(CCC=C6)O5)cc4)ccc3c2)c2ccccc12. The monoisotopic (exact) mass is 739 g/mol. The fourth-order valence-electron chi connectivity index (χ4n) is 8.15. The number of fused-ring (bicyclic) bond motifs is 3. The Morgan fingerprint density at radius 2 is 1.44 bits per heavy atom. The molecule has 0 saturated carbocycles. The van der Waals surface area contributed by atoms with Gasteiger partial charge in [-0.2, -0.15) is 0 Å². The van der Waals surface area contributed by atoms with Crippen molar-refractivity contribution in [2.24, 2.45) is 0 Å². The molecule has 2 heterocycles. The Morgan fingerprint density at radius 3 is 2.23 bits per heavy atom. The summed E-state index contributed by atoms with van der Waals surface area (Å²) < 4.78 is 12.5. The first-order valence-electron chi connectivity index (χ1n) is 19.6. The van der Waals surface area contributed by atoms with Crippen LogP contribution in [0.25, 0.3) is 56.8 Å². The van der Waals surface area contributed by atoms with E-state index in [0.29, 0.717) is 5.89 Å². The van der Waals surface area contributed by atoms with E-state index in [1.165, 1.54) is 10.8 Å². The maximum Gasteiger partial charge on any atom is 0.226 e. The molecule has 0 fully saturated rings. The van der Waals surface area contributed by atoms with Gasteiger partial charge in [-0.1, -0.05) is 104 Å². The van der Waals surface area contributed by atoms with Gasteiger partial charge in [0.05, 0.1) is 5.70 Å². The van der Waals surface area contributed by atoms with Crippen molar-refractivity contribution in [2.45, 2.75) is 31.9 Å². The Bertz CT molecular complexity index is 2950. The molecule has 0 spiro atoms. The summed E-state index contributed by atoms with van der Waals surface area (Å²) in [5, 5.41) is 10.5. The van der Waals surface area contributed by atoms with Crippen LogP contribution in [0, 0.1) is 0 Å². The van der Waals surface area contributed by atoms with Crippen molar-refractivity contribution in [2.75, 3.05) is 4.90 Å². The van der Waals surface area contributed by atoms with E-state index in [4.69, 9.17) is 14.1 Å². The van der Waals surface area contributed by atoms with E-state index in [1.807, 2.05) is 6.08 Å². The number of hydrogen-bond donors (Lipinski definition) is 1. The first kappa shape index (κ1) is 34.4. The fraction of sp³-hybridized carbons (Fsp3) is 0.0962. The Kier molecular flexibility index (Phi) is 8.76. The van der Waals surface area contributed by atoms with Crippen LogP contribution in [-0.4, -0.2) is 4.98 Å². The van der Waals surface area contributed by atoms with Crippen LogP contribution in [0.5, 0.6) is 0 Å². The second-order valence-electron chi connectivity index (χ2n) is 14.8. The molecule has 3 aliphatic rings. The van der Waals surface area contributed by atoms with Gasteiger partial charge in [0, 0.05) is 41.0 Å². The van der Waals surface area contributed by atoms with Gasteiger partial charge in [0.2, 0.25) is 5.89 Å². The van der Waals surface area contributed by atoms with Crippen molar-refractivity contribution in [1.29, 1.82) is 0 Å². The molecule has 5 nitrogen and oxygen atoms in total. The summed E-state index contributed by atoms with van der Waals surface area (Å²) in [6.07, 6.45) is 18.2. The highest BCUT2D eigenvalue weighted by molar-refractivity contribution is 5.97.